The Bertz CT molecular complexity index is 517. The van der Waals surface area contributed by atoms with E-state index < -0.39 is 0 Å². The van der Waals surface area contributed by atoms with E-state index >= 15 is 0 Å². The van der Waals surface area contributed by atoms with E-state index in [1.807, 2.05) is 6.92 Å². The van der Waals surface area contributed by atoms with Gasteiger partial charge in [-0.05, 0) is 18.5 Å². The normalized spacial score (nSPS) is 10.3. The second-order valence-electron chi connectivity index (χ2n) is 3.22. The van der Waals surface area contributed by atoms with E-state index in [9.17, 15) is 0 Å². The summed E-state index contributed by atoms with van der Waals surface area (Å²) in [5, 5.41) is 3.91. The zero-order valence-electron chi connectivity index (χ0n) is 9.31. The number of hydrogen-bond acceptors (Lipinski definition) is 6. The Morgan fingerprint density at radius 3 is 2.53 bits per heavy atom. The van der Waals surface area contributed by atoms with E-state index in [2.05, 4.69) is 25.3 Å². The average Bonchev–Trinajstić information content (AvgIpc) is 2.35. The maximum atomic E-state index is 5.75. The molecule has 0 aliphatic heterocycles. The van der Waals surface area contributed by atoms with Gasteiger partial charge in [-0.25, -0.2) is 19.9 Å². The summed E-state index contributed by atoms with van der Waals surface area (Å²) in [6.45, 7) is 1.93. The molecule has 0 radical (unpaired) electrons. The van der Waals surface area contributed by atoms with Crippen molar-refractivity contribution in [3.8, 4) is 0 Å². The van der Waals surface area contributed by atoms with Gasteiger partial charge in [-0.15, -0.1) is 0 Å². The van der Waals surface area contributed by atoms with Gasteiger partial charge in [-0.2, -0.15) is 0 Å². The molecule has 88 valence electrons. The first-order chi connectivity index (χ1) is 8.19. The lowest BCUT2D eigenvalue weighted by atomic mass is 10.4. The van der Waals surface area contributed by atoms with E-state index in [0.29, 0.717) is 5.95 Å². The van der Waals surface area contributed by atoms with Crippen molar-refractivity contribution in [3.63, 3.8) is 0 Å². The smallest absolute Gasteiger partial charge is 0.223 e. The standard InChI is InChI=1S/C10H10ClN5S/c1-6-3-13-9(11)16-8(6)17-7-4-14-10(12-2)15-5-7/h3-5H,1-2H3,(H,12,14,15). The van der Waals surface area contributed by atoms with Crippen LogP contribution in [0.25, 0.3) is 0 Å². The SMILES string of the molecule is CNc1ncc(Sc2nc(Cl)ncc2C)cn1. The highest BCUT2D eigenvalue weighted by atomic mass is 35.5. The highest BCUT2D eigenvalue weighted by Gasteiger charge is 2.05. The van der Waals surface area contributed by atoms with Gasteiger partial charge in [-0.3, -0.25) is 0 Å². The van der Waals surface area contributed by atoms with Crippen LogP contribution in [-0.4, -0.2) is 27.0 Å². The highest BCUT2D eigenvalue weighted by molar-refractivity contribution is 7.99. The summed E-state index contributed by atoms with van der Waals surface area (Å²) in [7, 11) is 1.77. The van der Waals surface area contributed by atoms with Gasteiger partial charge < -0.3 is 5.32 Å². The third-order valence-corrected chi connectivity index (χ3v) is 3.20. The van der Waals surface area contributed by atoms with Gasteiger partial charge >= 0.3 is 0 Å². The molecule has 2 aromatic rings. The molecule has 0 aromatic carbocycles. The number of rotatable bonds is 3. The molecule has 2 heterocycles. The monoisotopic (exact) mass is 267 g/mol. The molecule has 5 nitrogen and oxygen atoms in total. The summed E-state index contributed by atoms with van der Waals surface area (Å²) in [6, 6.07) is 0. The van der Waals surface area contributed by atoms with Crippen molar-refractivity contribution >= 4 is 29.3 Å². The molecule has 2 rings (SSSR count). The highest BCUT2D eigenvalue weighted by Crippen LogP contribution is 2.28. The number of hydrogen-bond donors (Lipinski definition) is 1. The van der Waals surface area contributed by atoms with E-state index in [1.165, 1.54) is 11.8 Å². The molecule has 17 heavy (non-hydrogen) atoms. The number of nitrogens with one attached hydrogen (secondary N) is 1. The third-order valence-electron chi connectivity index (χ3n) is 1.96. The number of anilines is 1. The molecule has 0 saturated heterocycles. The first-order valence-electron chi connectivity index (χ1n) is 4.86. The van der Waals surface area contributed by atoms with Crippen molar-refractivity contribution < 1.29 is 0 Å². The Labute approximate surface area is 108 Å². The predicted molar refractivity (Wildman–Crippen MR) is 67.5 cm³/mol. The molecular weight excluding hydrogens is 258 g/mol. The molecule has 0 unspecified atom stereocenters. The molecule has 0 aliphatic carbocycles. The van der Waals surface area contributed by atoms with Crippen molar-refractivity contribution in [2.75, 3.05) is 12.4 Å². The summed E-state index contributed by atoms with van der Waals surface area (Å²) in [5.74, 6) is 0.590. The van der Waals surface area contributed by atoms with Crippen LogP contribution in [0.3, 0.4) is 0 Å². The van der Waals surface area contributed by atoms with Crippen molar-refractivity contribution in [2.45, 2.75) is 16.8 Å². The number of aromatic nitrogens is 4. The first kappa shape index (κ1) is 12.1. The van der Waals surface area contributed by atoms with Crippen LogP contribution >= 0.6 is 23.4 Å². The van der Waals surface area contributed by atoms with Crippen LogP contribution in [0, 0.1) is 6.92 Å². The third kappa shape index (κ3) is 3.04. The van der Waals surface area contributed by atoms with Crippen molar-refractivity contribution in [1.82, 2.24) is 19.9 Å². The minimum Gasteiger partial charge on any atom is -0.357 e. The average molecular weight is 268 g/mol. The lowest BCUT2D eigenvalue weighted by molar-refractivity contribution is 1.000. The second kappa shape index (κ2) is 5.29. The van der Waals surface area contributed by atoms with Crippen LogP contribution < -0.4 is 5.32 Å². The Morgan fingerprint density at radius 1 is 1.18 bits per heavy atom. The van der Waals surface area contributed by atoms with Gasteiger partial charge in [0.15, 0.2) is 0 Å². The molecule has 1 N–H and O–H groups in total. The van der Waals surface area contributed by atoms with Gasteiger partial charge in [0.1, 0.15) is 5.03 Å². The summed E-state index contributed by atoms with van der Waals surface area (Å²) < 4.78 is 0. The molecule has 2 aromatic heterocycles. The van der Waals surface area contributed by atoms with Gasteiger partial charge in [-0.1, -0.05) is 11.8 Å². The van der Waals surface area contributed by atoms with E-state index in [1.54, 1.807) is 25.6 Å². The number of aryl methyl sites for hydroxylation is 1. The Hall–Kier alpha value is -1.40. The zero-order chi connectivity index (χ0) is 12.3. The molecule has 0 amide bonds. The maximum Gasteiger partial charge on any atom is 0.223 e. The molecule has 0 fully saturated rings. The molecular formula is C10H10ClN5S. The fourth-order valence-electron chi connectivity index (χ4n) is 1.12. The number of halogens is 1. The Balaban J connectivity index is 2.22. The minimum atomic E-state index is 0.242. The Kier molecular flexibility index (Phi) is 3.75. The van der Waals surface area contributed by atoms with Gasteiger partial charge in [0.2, 0.25) is 11.2 Å². The summed E-state index contributed by atoms with van der Waals surface area (Å²) in [4.78, 5) is 17.2. The van der Waals surface area contributed by atoms with Gasteiger partial charge in [0.05, 0.1) is 4.90 Å². The quantitative estimate of drug-likeness (QED) is 0.681. The van der Waals surface area contributed by atoms with Crippen LogP contribution in [0.15, 0.2) is 28.5 Å². The van der Waals surface area contributed by atoms with E-state index in [4.69, 9.17) is 11.6 Å². The minimum absolute atomic E-state index is 0.242. The van der Waals surface area contributed by atoms with Crippen molar-refractivity contribution in [2.24, 2.45) is 0 Å². The fourth-order valence-corrected chi connectivity index (χ4v) is 2.08. The second-order valence-corrected chi connectivity index (χ2v) is 4.62. The molecule has 0 aliphatic rings. The van der Waals surface area contributed by atoms with Crippen LogP contribution in [0.5, 0.6) is 0 Å². The van der Waals surface area contributed by atoms with Gasteiger partial charge in [0, 0.05) is 31.2 Å². The van der Waals surface area contributed by atoms with Crippen molar-refractivity contribution in [1.29, 1.82) is 0 Å². The molecule has 0 atom stereocenters. The first-order valence-corrected chi connectivity index (χ1v) is 6.05. The number of nitrogens with zero attached hydrogens (tertiary/aromatic N) is 4. The van der Waals surface area contributed by atoms with Crippen LogP contribution in [-0.2, 0) is 0 Å². The van der Waals surface area contributed by atoms with Crippen LogP contribution in [0.2, 0.25) is 5.28 Å². The van der Waals surface area contributed by atoms with Gasteiger partial charge in [0.25, 0.3) is 0 Å². The summed E-state index contributed by atoms with van der Waals surface area (Å²) >= 11 is 7.21. The lowest BCUT2D eigenvalue weighted by Crippen LogP contribution is -1.95. The predicted octanol–water partition coefficient (Wildman–Crippen LogP) is 2.42. The molecule has 7 heteroatoms. The lowest BCUT2D eigenvalue weighted by Gasteiger charge is -2.04. The van der Waals surface area contributed by atoms with Crippen molar-refractivity contribution in [3.05, 3.63) is 29.4 Å². The largest absolute Gasteiger partial charge is 0.357 e. The van der Waals surface area contributed by atoms with E-state index in [0.717, 1.165) is 15.5 Å². The maximum absolute atomic E-state index is 5.75. The summed E-state index contributed by atoms with van der Waals surface area (Å²) in [6.07, 6.45) is 5.17. The van der Waals surface area contributed by atoms with E-state index in [-0.39, 0.29) is 5.28 Å². The Morgan fingerprint density at radius 2 is 1.88 bits per heavy atom. The molecule has 0 spiro atoms. The zero-order valence-corrected chi connectivity index (χ0v) is 10.9. The van der Waals surface area contributed by atoms with Crippen LogP contribution in [0.4, 0.5) is 5.95 Å². The molecule has 0 bridgehead atoms. The molecule has 0 saturated carbocycles. The fraction of sp³-hybridized carbons (Fsp3) is 0.200. The topological polar surface area (TPSA) is 63.6 Å². The van der Waals surface area contributed by atoms with Crippen LogP contribution in [0.1, 0.15) is 5.56 Å². The summed E-state index contributed by atoms with van der Waals surface area (Å²) in [5.41, 5.74) is 0.970.